The van der Waals surface area contributed by atoms with Crippen LogP contribution in [-0.2, 0) is 5.54 Å². The average molecular weight is 270 g/mol. The maximum atomic E-state index is 6.49. The van der Waals surface area contributed by atoms with Crippen LogP contribution in [0.1, 0.15) is 30.7 Å². The highest BCUT2D eigenvalue weighted by Crippen LogP contribution is 2.36. The Bertz CT molecular complexity index is 570. The number of hydrogen-bond donors (Lipinski definition) is 2. The van der Waals surface area contributed by atoms with E-state index in [-0.39, 0.29) is 11.6 Å². The van der Waals surface area contributed by atoms with Crippen LogP contribution in [-0.4, -0.2) is 26.2 Å². The first kappa shape index (κ1) is 12.9. The molecule has 0 saturated heterocycles. The quantitative estimate of drug-likeness (QED) is 0.876. The minimum absolute atomic E-state index is 0.256. The maximum Gasteiger partial charge on any atom is 0.242 e. The molecule has 6 nitrogen and oxygen atoms in total. The molecule has 2 aromatic rings. The van der Waals surface area contributed by atoms with Crippen LogP contribution in [0.3, 0.4) is 0 Å². The SMILES string of the molecule is Cc1cnc(NC2CCC(N)(c3ccccn3)C2)nn1. The van der Waals surface area contributed by atoms with E-state index in [0.29, 0.717) is 5.95 Å². The Hall–Kier alpha value is -2.08. The molecule has 0 bridgehead atoms. The van der Waals surface area contributed by atoms with Gasteiger partial charge in [0.15, 0.2) is 0 Å². The number of anilines is 1. The topological polar surface area (TPSA) is 89.6 Å². The minimum Gasteiger partial charge on any atom is -0.350 e. The largest absolute Gasteiger partial charge is 0.350 e. The second-order valence-electron chi connectivity index (χ2n) is 5.38. The lowest BCUT2D eigenvalue weighted by atomic mass is 9.94. The Morgan fingerprint density at radius 3 is 2.90 bits per heavy atom. The fourth-order valence-electron chi connectivity index (χ4n) is 2.67. The third-order valence-corrected chi connectivity index (χ3v) is 3.73. The molecule has 3 rings (SSSR count). The molecule has 1 saturated carbocycles. The number of rotatable bonds is 3. The third-order valence-electron chi connectivity index (χ3n) is 3.73. The third kappa shape index (κ3) is 2.60. The first-order valence-corrected chi connectivity index (χ1v) is 6.79. The summed E-state index contributed by atoms with van der Waals surface area (Å²) in [7, 11) is 0. The van der Waals surface area contributed by atoms with Gasteiger partial charge in [-0.3, -0.25) is 4.98 Å². The second-order valence-corrected chi connectivity index (χ2v) is 5.38. The van der Waals surface area contributed by atoms with Gasteiger partial charge >= 0.3 is 0 Å². The van der Waals surface area contributed by atoms with Crippen LogP contribution in [0.4, 0.5) is 5.95 Å². The molecule has 104 valence electrons. The van der Waals surface area contributed by atoms with Crippen molar-refractivity contribution >= 4 is 5.95 Å². The van der Waals surface area contributed by atoms with E-state index in [9.17, 15) is 0 Å². The Morgan fingerprint density at radius 2 is 2.20 bits per heavy atom. The lowest BCUT2D eigenvalue weighted by molar-refractivity contribution is 0.442. The predicted octanol–water partition coefficient (Wildman–Crippen LogP) is 1.39. The van der Waals surface area contributed by atoms with Crippen LogP contribution < -0.4 is 11.1 Å². The number of nitrogens with one attached hydrogen (secondary N) is 1. The van der Waals surface area contributed by atoms with Crippen molar-refractivity contribution in [1.29, 1.82) is 0 Å². The molecule has 0 radical (unpaired) electrons. The Morgan fingerprint density at radius 1 is 1.30 bits per heavy atom. The molecule has 3 N–H and O–H groups in total. The van der Waals surface area contributed by atoms with E-state index in [0.717, 1.165) is 30.7 Å². The highest BCUT2D eigenvalue weighted by Gasteiger charge is 2.38. The fourth-order valence-corrected chi connectivity index (χ4v) is 2.67. The fraction of sp³-hybridized carbons (Fsp3) is 0.429. The van der Waals surface area contributed by atoms with E-state index in [1.165, 1.54) is 0 Å². The van der Waals surface area contributed by atoms with Crippen molar-refractivity contribution < 1.29 is 0 Å². The van der Waals surface area contributed by atoms with Crippen LogP contribution in [0.25, 0.3) is 0 Å². The van der Waals surface area contributed by atoms with Crippen LogP contribution in [0.5, 0.6) is 0 Å². The van der Waals surface area contributed by atoms with Crippen molar-refractivity contribution in [2.24, 2.45) is 5.73 Å². The normalized spacial score (nSPS) is 25.6. The summed E-state index contributed by atoms with van der Waals surface area (Å²) in [5.41, 5.74) is 7.89. The molecule has 2 heterocycles. The molecule has 0 spiro atoms. The molecule has 0 aliphatic heterocycles. The first-order valence-electron chi connectivity index (χ1n) is 6.79. The summed E-state index contributed by atoms with van der Waals surface area (Å²) in [5.74, 6) is 0.561. The minimum atomic E-state index is -0.364. The van der Waals surface area contributed by atoms with Crippen LogP contribution >= 0.6 is 0 Å². The van der Waals surface area contributed by atoms with E-state index in [4.69, 9.17) is 5.73 Å². The van der Waals surface area contributed by atoms with Gasteiger partial charge in [0.2, 0.25) is 5.95 Å². The molecule has 20 heavy (non-hydrogen) atoms. The molecule has 2 atom stereocenters. The Kier molecular flexibility index (Phi) is 3.31. The molecule has 0 amide bonds. The molecular weight excluding hydrogens is 252 g/mol. The van der Waals surface area contributed by atoms with Gasteiger partial charge in [-0.2, -0.15) is 5.10 Å². The standard InChI is InChI=1S/C14H18N6/c1-10-9-17-13(20-19-10)18-11-5-6-14(15,8-11)12-4-2-3-7-16-12/h2-4,7,9,11H,5-6,8,15H2,1H3,(H,17,18,20). The molecule has 0 aromatic carbocycles. The zero-order chi connectivity index (χ0) is 14.0. The highest BCUT2D eigenvalue weighted by atomic mass is 15.2. The number of nitrogens with zero attached hydrogens (tertiary/aromatic N) is 4. The monoisotopic (exact) mass is 270 g/mol. The van der Waals surface area contributed by atoms with Gasteiger partial charge in [-0.25, -0.2) is 4.98 Å². The van der Waals surface area contributed by atoms with E-state index in [1.54, 1.807) is 12.4 Å². The van der Waals surface area contributed by atoms with E-state index < -0.39 is 0 Å². The zero-order valence-electron chi connectivity index (χ0n) is 11.5. The van der Waals surface area contributed by atoms with Crippen molar-refractivity contribution in [1.82, 2.24) is 20.2 Å². The van der Waals surface area contributed by atoms with Crippen molar-refractivity contribution in [2.75, 3.05) is 5.32 Å². The van der Waals surface area contributed by atoms with Gasteiger partial charge in [-0.1, -0.05) is 6.07 Å². The second kappa shape index (κ2) is 5.13. The summed E-state index contributed by atoms with van der Waals surface area (Å²) in [6.07, 6.45) is 6.20. The van der Waals surface area contributed by atoms with Crippen LogP contribution in [0.2, 0.25) is 0 Å². The van der Waals surface area contributed by atoms with E-state index >= 15 is 0 Å². The predicted molar refractivity (Wildman–Crippen MR) is 75.9 cm³/mol. The van der Waals surface area contributed by atoms with Crippen LogP contribution in [0.15, 0.2) is 30.6 Å². The van der Waals surface area contributed by atoms with Gasteiger partial charge in [0, 0.05) is 12.2 Å². The zero-order valence-corrected chi connectivity index (χ0v) is 11.5. The summed E-state index contributed by atoms with van der Waals surface area (Å²) in [5, 5.41) is 11.3. The molecular formula is C14H18N6. The summed E-state index contributed by atoms with van der Waals surface area (Å²) in [4.78, 5) is 8.61. The van der Waals surface area contributed by atoms with E-state index in [2.05, 4.69) is 25.5 Å². The van der Waals surface area contributed by atoms with Crippen molar-refractivity contribution in [3.63, 3.8) is 0 Å². The lowest BCUT2D eigenvalue weighted by Gasteiger charge is -2.23. The van der Waals surface area contributed by atoms with Crippen molar-refractivity contribution in [3.05, 3.63) is 42.0 Å². The van der Waals surface area contributed by atoms with Gasteiger partial charge in [-0.05, 0) is 38.3 Å². The summed E-state index contributed by atoms with van der Waals surface area (Å²) >= 11 is 0. The maximum absolute atomic E-state index is 6.49. The molecule has 1 fully saturated rings. The van der Waals surface area contributed by atoms with Gasteiger partial charge < -0.3 is 11.1 Å². The van der Waals surface area contributed by atoms with Crippen molar-refractivity contribution in [2.45, 2.75) is 37.8 Å². The summed E-state index contributed by atoms with van der Waals surface area (Å²) in [6, 6.07) is 6.13. The molecule has 6 heteroatoms. The van der Waals surface area contributed by atoms with Gasteiger partial charge in [0.1, 0.15) is 0 Å². The smallest absolute Gasteiger partial charge is 0.242 e. The van der Waals surface area contributed by atoms with Gasteiger partial charge in [0.05, 0.1) is 23.1 Å². The van der Waals surface area contributed by atoms with Gasteiger partial charge in [0.25, 0.3) is 0 Å². The molecule has 1 aliphatic carbocycles. The van der Waals surface area contributed by atoms with Crippen LogP contribution in [0, 0.1) is 6.92 Å². The average Bonchev–Trinajstić information content (AvgIpc) is 2.85. The number of nitrogens with two attached hydrogens (primary N) is 1. The Labute approximate surface area is 117 Å². The summed E-state index contributed by atoms with van der Waals surface area (Å²) < 4.78 is 0. The molecule has 2 aromatic heterocycles. The number of pyridine rings is 1. The van der Waals surface area contributed by atoms with Gasteiger partial charge in [-0.15, -0.1) is 5.10 Å². The van der Waals surface area contributed by atoms with Crippen molar-refractivity contribution in [3.8, 4) is 0 Å². The molecule has 1 aliphatic rings. The Balaban J connectivity index is 1.69. The first-order chi connectivity index (χ1) is 9.66. The number of aromatic nitrogens is 4. The molecule has 2 unspecified atom stereocenters. The number of aryl methyl sites for hydroxylation is 1. The van der Waals surface area contributed by atoms with E-state index in [1.807, 2.05) is 25.1 Å². The lowest BCUT2D eigenvalue weighted by Crippen LogP contribution is -2.36. The highest BCUT2D eigenvalue weighted by molar-refractivity contribution is 5.27. The summed E-state index contributed by atoms with van der Waals surface area (Å²) in [6.45, 7) is 1.87. The number of hydrogen-bond acceptors (Lipinski definition) is 6.